The Labute approximate surface area is 198 Å². The highest BCUT2D eigenvalue weighted by Crippen LogP contribution is 2.33. The summed E-state index contributed by atoms with van der Waals surface area (Å²) in [6.45, 7) is 7.44. The number of fused-ring (bicyclic) bond motifs is 1. The number of para-hydroxylation sites is 1. The third-order valence-electron chi connectivity index (χ3n) is 5.88. The molecule has 0 saturated heterocycles. The Morgan fingerprint density at radius 1 is 1.12 bits per heavy atom. The number of carboxylic acid groups (broad SMARTS) is 1. The number of benzene rings is 2. The van der Waals surface area contributed by atoms with E-state index >= 15 is 0 Å². The summed E-state index contributed by atoms with van der Waals surface area (Å²) in [5, 5.41) is 14.8. The van der Waals surface area contributed by atoms with Crippen molar-refractivity contribution in [1.29, 1.82) is 0 Å². The van der Waals surface area contributed by atoms with Gasteiger partial charge in [-0.3, -0.25) is 18.9 Å². The lowest BCUT2D eigenvalue weighted by Crippen LogP contribution is -2.48. The zero-order valence-corrected chi connectivity index (χ0v) is 20.1. The van der Waals surface area contributed by atoms with E-state index in [0.717, 1.165) is 11.1 Å². The second-order valence-electron chi connectivity index (χ2n) is 9.30. The third kappa shape index (κ3) is 4.07. The Morgan fingerprint density at radius 3 is 2.38 bits per heavy atom. The van der Waals surface area contributed by atoms with Crippen LogP contribution in [0.15, 0.2) is 65.7 Å². The van der Waals surface area contributed by atoms with Gasteiger partial charge in [0.25, 0.3) is 5.56 Å². The van der Waals surface area contributed by atoms with Crippen molar-refractivity contribution in [2.24, 2.45) is 7.05 Å². The SMILES string of the molecule is CC[C@@H](c1nc2cccc(-c3cnn(C)c3)c2c(=O)n1-c1ccccc1)N(C(=O)O)C(C)(C)C. The molecule has 2 aromatic carbocycles. The molecule has 176 valence electrons. The molecular weight excluding hydrogens is 430 g/mol. The van der Waals surface area contributed by atoms with Crippen LogP contribution in [0.1, 0.15) is 46.0 Å². The molecule has 4 rings (SSSR count). The molecule has 2 aromatic heterocycles. The predicted octanol–water partition coefficient (Wildman–Crippen LogP) is 5.02. The summed E-state index contributed by atoms with van der Waals surface area (Å²) in [5.41, 5.74) is 1.76. The average Bonchev–Trinajstić information content (AvgIpc) is 3.22. The van der Waals surface area contributed by atoms with Crippen LogP contribution in [0.2, 0.25) is 0 Å². The summed E-state index contributed by atoms with van der Waals surface area (Å²) in [6.07, 6.45) is 2.97. The van der Waals surface area contributed by atoms with Gasteiger partial charge in [0.2, 0.25) is 0 Å². The van der Waals surface area contributed by atoms with Gasteiger partial charge in [0.15, 0.2) is 0 Å². The number of hydrogen-bond donors (Lipinski definition) is 1. The summed E-state index contributed by atoms with van der Waals surface area (Å²) in [6, 6.07) is 14.1. The monoisotopic (exact) mass is 459 g/mol. The van der Waals surface area contributed by atoms with Crippen molar-refractivity contribution in [3.8, 4) is 16.8 Å². The Bertz CT molecular complexity index is 1400. The highest BCUT2D eigenvalue weighted by Gasteiger charge is 2.36. The number of amides is 1. The zero-order chi connectivity index (χ0) is 24.6. The molecule has 0 spiro atoms. The minimum atomic E-state index is -1.06. The van der Waals surface area contributed by atoms with Crippen LogP contribution >= 0.6 is 0 Å². The van der Waals surface area contributed by atoms with Crippen molar-refractivity contribution in [3.05, 3.63) is 77.1 Å². The van der Waals surface area contributed by atoms with Crippen molar-refractivity contribution >= 4 is 17.0 Å². The van der Waals surface area contributed by atoms with Gasteiger partial charge in [-0.15, -0.1) is 0 Å². The standard InChI is InChI=1S/C26H29N5O3/c1-6-21(31(25(33)34)26(2,3)4)23-28-20-14-10-13-19(17-15-27-29(5)16-17)22(20)24(32)30(23)18-11-8-7-9-12-18/h7-16,21H,6H2,1-5H3,(H,33,34)/t21-/m0/s1. The summed E-state index contributed by atoms with van der Waals surface area (Å²) in [7, 11) is 1.83. The summed E-state index contributed by atoms with van der Waals surface area (Å²) >= 11 is 0. The number of hydrogen-bond acceptors (Lipinski definition) is 4. The molecule has 1 N–H and O–H groups in total. The minimum absolute atomic E-state index is 0.247. The first kappa shape index (κ1) is 23.2. The Hall–Kier alpha value is -3.94. The van der Waals surface area contributed by atoms with E-state index in [1.807, 2.05) is 83.4 Å². The molecule has 0 bridgehead atoms. The molecular formula is C26H29N5O3. The predicted molar refractivity (Wildman–Crippen MR) is 132 cm³/mol. The van der Waals surface area contributed by atoms with Gasteiger partial charge in [-0.2, -0.15) is 5.10 Å². The Kier molecular flexibility index (Phi) is 6.00. The van der Waals surface area contributed by atoms with E-state index < -0.39 is 17.7 Å². The Balaban J connectivity index is 2.10. The molecule has 8 nitrogen and oxygen atoms in total. The van der Waals surface area contributed by atoms with Crippen molar-refractivity contribution in [1.82, 2.24) is 24.2 Å². The molecule has 2 heterocycles. The molecule has 4 aromatic rings. The van der Waals surface area contributed by atoms with Crippen LogP contribution in [-0.4, -0.2) is 41.0 Å². The number of aromatic nitrogens is 4. The van der Waals surface area contributed by atoms with Crippen molar-refractivity contribution in [2.75, 3.05) is 0 Å². The molecule has 0 fully saturated rings. The van der Waals surface area contributed by atoms with Gasteiger partial charge in [0.1, 0.15) is 5.82 Å². The molecule has 1 atom stereocenters. The van der Waals surface area contributed by atoms with Crippen LogP contribution in [0.4, 0.5) is 4.79 Å². The summed E-state index contributed by atoms with van der Waals surface area (Å²) in [5.74, 6) is 0.395. The highest BCUT2D eigenvalue weighted by atomic mass is 16.4. The van der Waals surface area contributed by atoms with Crippen LogP contribution in [0.3, 0.4) is 0 Å². The van der Waals surface area contributed by atoms with Gasteiger partial charge < -0.3 is 5.11 Å². The maximum absolute atomic E-state index is 14.1. The molecule has 0 radical (unpaired) electrons. The molecule has 8 heteroatoms. The van der Waals surface area contributed by atoms with Gasteiger partial charge >= 0.3 is 6.09 Å². The molecule has 0 aliphatic heterocycles. The van der Waals surface area contributed by atoms with E-state index in [1.165, 1.54) is 4.90 Å². The van der Waals surface area contributed by atoms with Crippen LogP contribution in [0, 0.1) is 0 Å². The lowest BCUT2D eigenvalue weighted by atomic mass is 10.00. The van der Waals surface area contributed by atoms with E-state index in [0.29, 0.717) is 28.8 Å². The van der Waals surface area contributed by atoms with Gasteiger partial charge in [0, 0.05) is 24.3 Å². The first-order valence-corrected chi connectivity index (χ1v) is 11.3. The van der Waals surface area contributed by atoms with Crippen molar-refractivity contribution in [3.63, 3.8) is 0 Å². The molecule has 1 amide bonds. The molecule has 0 saturated carbocycles. The fourth-order valence-electron chi connectivity index (χ4n) is 4.47. The van der Waals surface area contributed by atoms with Crippen LogP contribution in [0.25, 0.3) is 27.7 Å². The number of nitrogens with zero attached hydrogens (tertiary/aromatic N) is 5. The summed E-state index contributed by atoms with van der Waals surface area (Å²) < 4.78 is 3.24. The lowest BCUT2D eigenvalue weighted by molar-refractivity contribution is 0.0646. The number of rotatable bonds is 5. The van der Waals surface area contributed by atoms with E-state index in [9.17, 15) is 14.7 Å². The van der Waals surface area contributed by atoms with Crippen LogP contribution < -0.4 is 5.56 Å². The molecule has 0 aliphatic rings. The summed E-state index contributed by atoms with van der Waals surface area (Å²) in [4.78, 5) is 32.8. The van der Waals surface area contributed by atoms with Crippen molar-refractivity contribution in [2.45, 2.75) is 45.7 Å². The minimum Gasteiger partial charge on any atom is -0.465 e. The molecule has 34 heavy (non-hydrogen) atoms. The number of carbonyl (C=O) groups is 1. The zero-order valence-electron chi connectivity index (χ0n) is 20.1. The van der Waals surface area contributed by atoms with E-state index in [2.05, 4.69) is 5.10 Å². The second kappa shape index (κ2) is 8.78. The Morgan fingerprint density at radius 2 is 1.82 bits per heavy atom. The van der Waals surface area contributed by atoms with E-state index in [-0.39, 0.29) is 5.56 Å². The fraction of sp³-hybridized carbons (Fsp3) is 0.308. The molecule has 0 unspecified atom stereocenters. The maximum atomic E-state index is 14.1. The second-order valence-corrected chi connectivity index (χ2v) is 9.30. The van der Waals surface area contributed by atoms with Gasteiger partial charge in [0.05, 0.1) is 28.8 Å². The fourth-order valence-corrected chi connectivity index (χ4v) is 4.47. The topological polar surface area (TPSA) is 93.3 Å². The normalized spacial score (nSPS) is 12.6. The van der Waals surface area contributed by atoms with E-state index in [4.69, 9.17) is 4.98 Å². The van der Waals surface area contributed by atoms with Crippen LogP contribution in [0.5, 0.6) is 0 Å². The first-order chi connectivity index (χ1) is 16.1. The average molecular weight is 460 g/mol. The van der Waals surface area contributed by atoms with Gasteiger partial charge in [-0.05, 0) is 51.0 Å². The van der Waals surface area contributed by atoms with Gasteiger partial charge in [-0.25, -0.2) is 9.78 Å². The lowest BCUT2D eigenvalue weighted by Gasteiger charge is -2.39. The number of aryl methyl sites for hydroxylation is 1. The molecule has 0 aliphatic carbocycles. The van der Waals surface area contributed by atoms with E-state index in [1.54, 1.807) is 21.5 Å². The highest BCUT2D eigenvalue weighted by molar-refractivity contribution is 5.94. The first-order valence-electron chi connectivity index (χ1n) is 11.3. The third-order valence-corrected chi connectivity index (χ3v) is 5.88. The van der Waals surface area contributed by atoms with Crippen molar-refractivity contribution < 1.29 is 9.90 Å². The van der Waals surface area contributed by atoms with Crippen LogP contribution in [-0.2, 0) is 7.05 Å². The van der Waals surface area contributed by atoms with Gasteiger partial charge in [-0.1, -0.05) is 37.3 Å². The smallest absolute Gasteiger partial charge is 0.408 e. The maximum Gasteiger partial charge on any atom is 0.408 e. The quantitative estimate of drug-likeness (QED) is 0.453. The largest absolute Gasteiger partial charge is 0.465 e.